The maximum Gasteiger partial charge on any atom is 0.274 e. The number of aromatic nitrogens is 1. The van der Waals surface area contributed by atoms with E-state index < -0.39 is 6.04 Å². The molecule has 0 fully saturated rings. The SMILES string of the molecule is COc1cccc(C(=O)N2N=C(c3c(-c4ccccc4)c4cc(Br)ccc4[nH]c3=O)C[C@H]2c2ccccc2OC)c1. The Morgan fingerprint density at radius 3 is 2.46 bits per heavy atom. The minimum atomic E-state index is -0.499. The molecule has 0 aliphatic carbocycles. The van der Waals surface area contributed by atoms with E-state index in [-0.39, 0.29) is 11.5 Å². The molecule has 0 unspecified atom stereocenters. The fraction of sp³-hybridized carbons (Fsp3) is 0.121. The number of aromatic amines is 1. The number of H-pyrrole nitrogens is 1. The summed E-state index contributed by atoms with van der Waals surface area (Å²) in [5.41, 5.74) is 4.25. The molecule has 1 atom stereocenters. The molecule has 1 N–H and O–H groups in total. The van der Waals surface area contributed by atoms with E-state index >= 15 is 0 Å². The molecule has 0 saturated carbocycles. The highest BCUT2D eigenvalue weighted by Gasteiger charge is 2.37. The molecule has 1 aliphatic rings. The molecule has 8 heteroatoms. The molecule has 0 radical (unpaired) electrons. The van der Waals surface area contributed by atoms with Crippen LogP contribution < -0.4 is 15.0 Å². The van der Waals surface area contributed by atoms with Gasteiger partial charge in [-0.05, 0) is 48.0 Å². The molecule has 204 valence electrons. The Labute approximate surface area is 245 Å². The molecule has 1 amide bonds. The van der Waals surface area contributed by atoms with Crippen molar-refractivity contribution in [1.29, 1.82) is 0 Å². The second kappa shape index (κ2) is 11.1. The lowest BCUT2D eigenvalue weighted by atomic mass is 9.91. The summed E-state index contributed by atoms with van der Waals surface area (Å²) < 4.78 is 11.9. The smallest absolute Gasteiger partial charge is 0.274 e. The van der Waals surface area contributed by atoms with Crippen molar-refractivity contribution < 1.29 is 14.3 Å². The van der Waals surface area contributed by atoms with Gasteiger partial charge in [-0.15, -0.1) is 0 Å². The Bertz CT molecular complexity index is 1870. The van der Waals surface area contributed by atoms with E-state index in [9.17, 15) is 9.59 Å². The molecule has 1 aliphatic heterocycles. The number of nitrogens with zero attached hydrogens (tertiary/aromatic N) is 2. The summed E-state index contributed by atoms with van der Waals surface area (Å²) in [6, 6.07) is 29.6. The van der Waals surface area contributed by atoms with Gasteiger partial charge in [-0.2, -0.15) is 5.10 Å². The van der Waals surface area contributed by atoms with Crippen LogP contribution in [0, 0.1) is 0 Å². The molecule has 2 heterocycles. The summed E-state index contributed by atoms with van der Waals surface area (Å²) in [5.74, 6) is 0.893. The van der Waals surface area contributed by atoms with Crippen molar-refractivity contribution in [1.82, 2.24) is 9.99 Å². The first-order chi connectivity index (χ1) is 20.0. The number of halogens is 1. The second-order valence-electron chi connectivity index (χ2n) is 9.65. The zero-order chi connectivity index (χ0) is 28.5. The lowest BCUT2D eigenvalue weighted by Crippen LogP contribution is -2.27. The minimum absolute atomic E-state index is 0.271. The summed E-state index contributed by atoms with van der Waals surface area (Å²) in [6.07, 6.45) is 0.318. The van der Waals surface area contributed by atoms with Crippen LogP contribution in [0.4, 0.5) is 0 Å². The van der Waals surface area contributed by atoms with Crippen LogP contribution in [-0.2, 0) is 0 Å². The number of rotatable bonds is 6. The van der Waals surface area contributed by atoms with Gasteiger partial charge < -0.3 is 14.5 Å². The highest BCUT2D eigenvalue weighted by molar-refractivity contribution is 9.10. The van der Waals surface area contributed by atoms with Crippen LogP contribution in [0.2, 0.25) is 0 Å². The number of benzene rings is 4. The third kappa shape index (κ3) is 4.91. The van der Waals surface area contributed by atoms with Crippen molar-refractivity contribution in [3.63, 3.8) is 0 Å². The number of hydrogen-bond acceptors (Lipinski definition) is 5. The first-order valence-electron chi connectivity index (χ1n) is 13.1. The number of nitrogens with one attached hydrogen (secondary N) is 1. The normalized spacial score (nSPS) is 14.7. The summed E-state index contributed by atoms with van der Waals surface area (Å²) in [7, 11) is 3.16. The average Bonchev–Trinajstić information content (AvgIpc) is 3.45. The summed E-state index contributed by atoms with van der Waals surface area (Å²) in [4.78, 5) is 30.8. The van der Waals surface area contributed by atoms with Crippen LogP contribution in [0.5, 0.6) is 11.5 Å². The third-order valence-electron chi connectivity index (χ3n) is 7.26. The fourth-order valence-corrected chi connectivity index (χ4v) is 5.73. The maximum atomic E-state index is 14.0. The topological polar surface area (TPSA) is 84.0 Å². The molecule has 0 bridgehead atoms. The van der Waals surface area contributed by atoms with E-state index in [1.807, 2.05) is 72.8 Å². The lowest BCUT2D eigenvalue weighted by Gasteiger charge is -2.23. The van der Waals surface area contributed by atoms with Crippen molar-refractivity contribution in [3.05, 3.63) is 129 Å². The minimum Gasteiger partial charge on any atom is -0.497 e. The number of hydrogen-bond donors (Lipinski definition) is 1. The van der Waals surface area contributed by atoms with Crippen molar-refractivity contribution in [3.8, 4) is 22.6 Å². The number of pyridine rings is 1. The first kappa shape index (κ1) is 26.5. The van der Waals surface area contributed by atoms with Crippen molar-refractivity contribution >= 4 is 38.5 Å². The monoisotopic (exact) mass is 607 g/mol. The van der Waals surface area contributed by atoms with Crippen LogP contribution >= 0.6 is 15.9 Å². The quantitative estimate of drug-likeness (QED) is 0.226. The van der Waals surface area contributed by atoms with Crippen molar-refractivity contribution in [2.24, 2.45) is 5.10 Å². The van der Waals surface area contributed by atoms with E-state index in [2.05, 4.69) is 20.9 Å². The fourth-order valence-electron chi connectivity index (χ4n) is 5.37. The highest BCUT2D eigenvalue weighted by atomic mass is 79.9. The Morgan fingerprint density at radius 2 is 1.68 bits per heavy atom. The second-order valence-corrected chi connectivity index (χ2v) is 10.6. The van der Waals surface area contributed by atoms with Crippen LogP contribution in [0.25, 0.3) is 22.0 Å². The van der Waals surface area contributed by atoms with Crippen molar-refractivity contribution in [2.45, 2.75) is 12.5 Å². The number of methoxy groups -OCH3 is 2. The lowest BCUT2D eigenvalue weighted by molar-refractivity contribution is 0.0709. The van der Waals surface area contributed by atoms with Gasteiger partial charge in [0.05, 0.1) is 31.5 Å². The zero-order valence-corrected chi connectivity index (χ0v) is 24.0. The Balaban J connectivity index is 1.58. The molecule has 0 saturated heterocycles. The zero-order valence-electron chi connectivity index (χ0n) is 22.4. The van der Waals surface area contributed by atoms with Gasteiger partial charge in [0.1, 0.15) is 11.5 Å². The van der Waals surface area contributed by atoms with E-state index in [4.69, 9.17) is 14.6 Å². The molecule has 0 spiro atoms. The van der Waals surface area contributed by atoms with Gasteiger partial charge in [0, 0.05) is 38.5 Å². The Morgan fingerprint density at radius 1 is 0.902 bits per heavy atom. The van der Waals surface area contributed by atoms with E-state index in [0.29, 0.717) is 40.3 Å². The van der Waals surface area contributed by atoms with Crippen LogP contribution in [0.1, 0.15) is 33.9 Å². The van der Waals surface area contributed by atoms with Crippen LogP contribution in [0.15, 0.2) is 111 Å². The number of carbonyl (C=O) groups is 1. The molecule has 6 rings (SSSR count). The number of amides is 1. The number of ether oxygens (including phenoxy) is 2. The molecular formula is C33H26BrN3O4. The molecule has 41 heavy (non-hydrogen) atoms. The van der Waals surface area contributed by atoms with Crippen molar-refractivity contribution in [2.75, 3.05) is 14.2 Å². The molecular weight excluding hydrogens is 582 g/mol. The van der Waals surface area contributed by atoms with Crippen LogP contribution in [-0.4, -0.2) is 35.8 Å². The Kier molecular flexibility index (Phi) is 7.15. The Hall–Kier alpha value is -4.69. The van der Waals surface area contributed by atoms with E-state index in [1.165, 1.54) is 5.01 Å². The first-order valence-corrected chi connectivity index (χ1v) is 13.9. The molecule has 7 nitrogen and oxygen atoms in total. The largest absolute Gasteiger partial charge is 0.497 e. The third-order valence-corrected chi connectivity index (χ3v) is 7.75. The summed E-state index contributed by atoms with van der Waals surface area (Å²) in [5, 5.41) is 7.20. The van der Waals surface area contributed by atoms with Gasteiger partial charge in [-0.3, -0.25) is 9.59 Å². The highest BCUT2D eigenvalue weighted by Crippen LogP contribution is 2.40. The summed E-state index contributed by atoms with van der Waals surface area (Å²) >= 11 is 3.59. The number of hydrazone groups is 1. The number of fused-ring (bicyclic) bond motifs is 1. The van der Waals surface area contributed by atoms with E-state index in [0.717, 1.165) is 26.5 Å². The van der Waals surface area contributed by atoms with Gasteiger partial charge in [-0.25, -0.2) is 5.01 Å². The number of para-hydroxylation sites is 1. The molecule has 1 aromatic heterocycles. The van der Waals surface area contributed by atoms with Gasteiger partial charge in [0.25, 0.3) is 11.5 Å². The number of carbonyl (C=O) groups excluding carboxylic acids is 1. The predicted molar refractivity (Wildman–Crippen MR) is 164 cm³/mol. The predicted octanol–water partition coefficient (Wildman–Crippen LogP) is 6.97. The van der Waals surface area contributed by atoms with E-state index in [1.54, 1.807) is 38.5 Å². The van der Waals surface area contributed by atoms with Gasteiger partial charge in [-0.1, -0.05) is 70.5 Å². The van der Waals surface area contributed by atoms with Gasteiger partial charge in [0.15, 0.2) is 0 Å². The van der Waals surface area contributed by atoms with Gasteiger partial charge in [0.2, 0.25) is 0 Å². The standard InChI is InChI=1S/C33H26BrN3O4/c1-40-23-12-8-11-21(17-23)33(39)37-28(24-13-6-7-14-29(24)41-2)19-27(36-37)31-30(20-9-4-3-5-10-20)25-18-22(34)15-16-26(25)35-32(31)38/h3-18,28H,19H2,1-2H3,(H,35,38)/t28-/m0/s1. The molecule has 4 aromatic carbocycles. The average molecular weight is 608 g/mol. The van der Waals surface area contributed by atoms with Gasteiger partial charge >= 0.3 is 0 Å². The van der Waals surface area contributed by atoms with Crippen LogP contribution in [0.3, 0.4) is 0 Å². The maximum absolute atomic E-state index is 14.0. The summed E-state index contributed by atoms with van der Waals surface area (Å²) in [6.45, 7) is 0. The molecule has 5 aromatic rings.